The molecular formula is C34H45FN4O2. The van der Waals surface area contributed by atoms with Crippen LogP contribution < -0.4 is 0 Å². The Morgan fingerprint density at radius 1 is 1.07 bits per heavy atom. The standard InChI is InChI=1S/C34H45FN4O2/c1-5-31-30(23-39(36-31)19-24-10-7-6-8-11-24)25-14-16-37(17-15-25)20-27-21-38(32(33(40)41)34(2,3)4)22-29(27)26-12-9-13-28(35)18-26/h6-13,18,23,25,27,29,32H,5,14-17,19-22H2,1-4H3,(H,40,41)/t27-,29?,32?/m0/s1. The molecular weight excluding hydrogens is 515 g/mol. The SMILES string of the molecule is CCc1nn(Cc2ccccc2)cc1C1CCN(C[C@H]2CN(C(C(=O)O)C(C)(C)C)CC2c2cccc(F)c2)CC1. The maximum absolute atomic E-state index is 14.2. The van der Waals surface area contributed by atoms with E-state index in [9.17, 15) is 14.3 Å². The van der Waals surface area contributed by atoms with Crippen LogP contribution in [0.15, 0.2) is 60.8 Å². The number of likely N-dealkylation sites (tertiary alicyclic amines) is 2. The molecule has 0 spiro atoms. The molecule has 0 bridgehead atoms. The van der Waals surface area contributed by atoms with Gasteiger partial charge in [-0.25, -0.2) is 4.39 Å². The molecule has 41 heavy (non-hydrogen) atoms. The van der Waals surface area contributed by atoms with Crippen LogP contribution in [0.1, 0.15) is 74.8 Å². The number of rotatable bonds is 9. The van der Waals surface area contributed by atoms with E-state index in [4.69, 9.17) is 5.10 Å². The van der Waals surface area contributed by atoms with Crippen molar-refractivity contribution in [2.45, 2.75) is 71.4 Å². The third-order valence-electron chi connectivity index (χ3n) is 9.08. The minimum absolute atomic E-state index is 0.107. The van der Waals surface area contributed by atoms with Gasteiger partial charge >= 0.3 is 5.97 Å². The summed E-state index contributed by atoms with van der Waals surface area (Å²) in [6.45, 7) is 13.2. The molecule has 0 saturated carbocycles. The number of benzene rings is 2. The zero-order valence-electron chi connectivity index (χ0n) is 25.0. The molecule has 2 saturated heterocycles. The van der Waals surface area contributed by atoms with E-state index in [1.54, 1.807) is 12.1 Å². The molecule has 1 N–H and O–H groups in total. The van der Waals surface area contributed by atoms with Crippen molar-refractivity contribution in [3.05, 3.63) is 89.0 Å². The molecule has 2 unspecified atom stereocenters. The van der Waals surface area contributed by atoms with Crippen LogP contribution >= 0.6 is 0 Å². The number of aryl methyl sites for hydroxylation is 1. The predicted molar refractivity (Wildman–Crippen MR) is 161 cm³/mol. The zero-order chi connectivity index (χ0) is 29.1. The molecule has 5 rings (SSSR count). The van der Waals surface area contributed by atoms with Gasteiger partial charge in [-0.15, -0.1) is 0 Å². The van der Waals surface area contributed by atoms with Crippen LogP contribution in [0.2, 0.25) is 0 Å². The second-order valence-corrected chi connectivity index (χ2v) is 13.1. The third kappa shape index (κ3) is 6.90. The smallest absolute Gasteiger partial charge is 0.321 e. The third-order valence-corrected chi connectivity index (χ3v) is 9.08. The molecule has 6 nitrogen and oxygen atoms in total. The molecule has 220 valence electrons. The van der Waals surface area contributed by atoms with Gasteiger partial charge in [-0.3, -0.25) is 14.4 Å². The Bertz CT molecular complexity index is 1310. The van der Waals surface area contributed by atoms with Gasteiger partial charge in [0, 0.05) is 31.7 Å². The zero-order valence-corrected chi connectivity index (χ0v) is 25.0. The fourth-order valence-electron chi connectivity index (χ4n) is 7.19. The van der Waals surface area contributed by atoms with Gasteiger partial charge in [-0.1, -0.05) is 70.2 Å². The molecule has 1 aromatic heterocycles. The van der Waals surface area contributed by atoms with Gasteiger partial charge in [-0.2, -0.15) is 5.10 Å². The molecule has 2 aliphatic rings. The Balaban J connectivity index is 1.27. The van der Waals surface area contributed by atoms with Gasteiger partial charge < -0.3 is 10.0 Å². The summed E-state index contributed by atoms with van der Waals surface area (Å²) in [4.78, 5) is 17.0. The normalized spacial score (nSPS) is 21.8. The largest absolute Gasteiger partial charge is 0.480 e. The Kier molecular flexibility index (Phi) is 8.95. The van der Waals surface area contributed by atoms with E-state index in [0.29, 0.717) is 19.0 Å². The average Bonchev–Trinajstić information content (AvgIpc) is 3.52. The van der Waals surface area contributed by atoms with Crippen molar-refractivity contribution in [2.75, 3.05) is 32.7 Å². The van der Waals surface area contributed by atoms with Crippen LogP contribution in [0.4, 0.5) is 4.39 Å². The maximum atomic E-state index is 14.2. The van der Waals surface area contributed by atoms with Crippen LogP contribution in [0.3, 0.4) is 0 Å². The lowest BCUT2D eigenvalue weighted by Crippen LogP contribution is -2.48. The fraction of sp³-hybridized carbons (Fsp3) is 0.529. The summed E-state index contributed by atoms with van der Waals surface area (Å²) < 4.78 is 16.3. The van der Waals surface area contributed by atoms with E-state index in [2.05, 4.69) is 51.9 Å². The first kappa shape index (κ1) is 29.5. The minimum atomic E-state index is -0.781. The van der Waals surface area contributed by atoms with Crippen LogP contribution in [0.25, 0.3) is 0 Å². The van der Waals surface area contributed by atoms with Gasteiger partial charge in [0.25, 0.3) is 0 Å². The molecule has 2 fully saturated rings. The minimum Gasteiger partial charge on any atom is -0.480 e. The molecule has 3 heterocycles. The van der Waals surface area contributed by atoms with Gasteiger partial charge in [0.15, 0.2) is 0 Å². The van der Waals surface area contributed by atoms with E-state index < -0.39 is 17.4 Å². The summed E-state index contributed by atoms with van der Waals surface area (Å²) in [7, 11) is 0. The lowest BCUT2D eigenvalue weighted by Gasteiger charge is -2.36. The Morgan fingerprint density at radius 2 is 1.80 bits per heavy atom. The predicted octanol–water partition coefficient (Wildman–Crippen LogP) is 6.03. The average molecular weight is 561 g/mol. The van der Waals surface area contributed by atoms with Crippen molar-refractivity contribution in [3.8, 4) is 0 Å². The van der Waals surface area contributed by atoms with Gasteiger partial charge in [-0.05, 0) is 78.4 Å². The molecule has 2 aliphatic heterocycles. The number of aromatic nitrogens is 2. The first-order valence-corrected chi connectivity index (χ1v) is 15.2. The Morgan fingerprint density at radius 3 is 2.44 bits per heavy atom. The molecule has 3 aromatic rings. The Hall–Kier alpha value is -3.03. The molecule has 2 aromatic carbocycles. The molecule has 7 heteroatoms. The number of nitrogens with zero attached hydrogens (tertiary/aromatic N) is 4. The summed E-state index contributed by atoms with van der Waals surface area (Å²) in [6, 6.07) is 16.8. The number of carboxylic acids is 1. The monoisotopic (exact) mass is 560 g/mol. The number of hydrogen-bond acceptors (Lipinski definition) is 4. The second kappa shape index (κ2) is 12.5. The topological polar surface area (TPSA) is 61.6 Å². The van der Waals surface area contributed by atoms with E-state index in [0.717, 1.165) is 51.0 Å². The number of carboxylic acid groups (broad SMARTS) is 1. The van der Waals surface area contributed by atoms with Crippen molar-refractivity contribution < 1.29 is 14.3 Å². The van der Waals surface area contributed by atoms with Crippen LogP contribution in [0, 0.1) is 17.2 Å². The summed E-state index contributed by atoms with van der Waals surface area (Å²) >= 11 is 0. The first-order valence-electron chi connectivity index (χ1n) is 15.2. The van der Waals surface area contributed by atoms with Crippen LogP contribution in [-0.4, -0.2) is 69.4 Å². The van der Waals surface area contributed by atoms with Crippen molar-refractivity contribution >= 4 is 5.97 Å². The second-order valence-electron chi connectivity index (χ2n) is 13.1. The molecule has 0 aliphatic carbocycles. The number of hydrogen-bond donors (Lipinski definition) is 1. The van der Waals surface area contributed by atoms with E-state index in [1.165, 1.54) is 22.9 Å². The van der Waals surface area contributed by atoms with Crippen molar-refractivity contribution in [1.82, 2.24) is 19.6 Å². The van der Waals surface area contributed by atoms with Gasteiger partial charge in [0.2, 0.25) is 0 Å². The number of aliphatic carboxylic acids is 1. The van der Waals surface area contributed by atoms with Crippen LogP contribution in [-0.2, 0) is 17.8 Å². The van der Waals surface area contributed by atoms with Crippen molar-refractivity contribution in [2.24, 2.45) is 11.3 Å². The number of carbonyl (C=O) groups is 1. The molecule has 3 atom stereocenters. The lowest BCUT2D eigenvalue weighted by molar-refractivity contribution is -0.147. The maximum Gasteiger partial charge on any atom is 0.321 e. The van der Waals surface area contributed by atoms with Crippen molar-refractivity contribution in [1.29, 1.82) is 0 Å². The summed E-state index contributed by atoms with van der Waals surface area (Å²) in [5, 5.41) is 15.1. The fourth-order valence-corrected chi connectivity index (χ4v) is 7.19. The molecule has 0 radical (unpaired) electrons. The van der Waals surface area contributed by atoms with Gasteiger partial charge in [0.05, 0.1) is 12.2 Å². The summed E-state index contributed by atoms with van der Waals surface area (Å²) in [5.41, 5.74) is 4.44. The summed E-state index contributed by atoms with van der Waals surface area (Å²) in [5.74, 6) is -0.155. The van der Waals surface area contributed by atoms with Gasteiger partial charge in [0.1, 0.15) is 11.9 Å². The highest BCUT2D eigenvalue weighted by Gasteiger charge is 2.44. The Labute approximate surface area is 244 Å². The number of halogens is 1. The highest BCUT2D eigenvalue weighted by Crippen LogP contribution is 2.39. The van der Waals surface area contributed by atoms with E-state index in [-0.39, 0.29) is 17.7 Å². The van der Waals surface area contributed by atoms with Crippen LogP contribution in [0.5, 0.6) is 0 Å². The highest BCUT2D eigenvalue weighted by molar-refractivity contribution is 5.74. The quantitative estimate of drug-likeness (QED) is 0.346. The van der Waals surface area contributed by atoms with Crippen molar-refractivity contribution in [3.63, 3.8) is 0 Å². The lowest BCUT2D eigenvalue weighted by atomic mass is 9.85. The van der Waals surface area contributed by atoms with E-state index in [1.807, 2.05) is 32.9 Å². The summed E-state index contributed by atoms with van der Waals surface area (Å²) in [6.07, 6.45) is 5.37. The molecule has 0 amide bonds. The number of piperidine rings is 1. The van der Waals surface area contributed by atoms with E-state index >= 15 is 0 Å². The first-order chi connectivity index (χ1) is 19.6. The highest BCUT2D eigenvalue weighted by atomic mass is 19.1.